The zero-order valence-corrected chi connectivity index (χ0v) is 32.2. The van der Waals surface area contributed by atoms with Gasteiger partial charge in [0.1, 0.15) is 23.4 Å². The number of fused-ring (bicyclic) bond motifs is 3. The molecule has 0 radical (unpaired) electrons. The Balaban J connectivity index is 0.827. The Kier molecular flexibility index (Phi) is 11.4. The molecule has 8 rings (SSSR count). The summed E-state index contributed by atoms with van der Waals surface area (Å²) in [6.45, 7) is 9.66. The number of piperidine rings is 2. The quantitative estimate of drug-likeness (QED) is 0.163. The van der Waals surface area contributed by atoms with Gasteiger partial charge in [-0.2, -0.15) is 10.1 Å². The third kappa shape index (κ3) is 8.20. The Hall–Kier alpha value is -5.12. The van der Waals surface area contributed by atoms with Crippen LogP contribution in [0.15, 0.2) is 47.1 Å². The lowest BCUT2D eigenvalue weighted by Gasteiger charge is -2.42. The Bertz CT molecular complexity index is 2170. The normalized spacial score (nSPS) is 17.2. The van der Waals surface area contributed by atoms with E-state index in [2.05, 4.69) is 49.9 Å². The average molecular weight is 765 g/mol. The fraction of sp³-hybridized carbons (Fsp3) is 0.512. The van der Waals surface area contributed by atoms with E-state index in [4.69, 9.17) is 30.5 Å². The monoisotopic (exact) mass is 764 g/mol. The van der Waals surface area contributed by atoms with Gasteiger partial charge in [-0.15, -0.1) is 0 Å². The molecule has 2 amide bonds. The molecule has 15 heteroatoms. The van der Waals surface area contributed by atoms with E-state index in [0.717, 1.165) is 82.4 Å². The number of likely N-dealkylation sites (tertiary alicyclic amines) is 2. The molecule has 296 valence electrons. The molecule has 0 aliphatic carbocycles. The van der Waals surface area contributed by atoms with Crippen LogP contribution < -0.4 is 11.5 Å². The number of benzene rings is 2. The summed E-state index contributed by atoms with van der Waals surface area (Å²) in [5.74, 6) is 0.860. The van der Waals surface area contributed by atoms with Crippen molar-refractivity contribution >= 4 is 45.8 Å². The SMILES string of the molecule is CCCOCCOCCC(=O)N1CCC(N2CCC(C(=O)N3CCc4cc(Cn5nc(-c6ccc7oc(N)nc7c6)c6c(N)ncnc65)ccc4C3)CC2)CC1. The first-order valence-electron chi connectivity index (χ1n) is 20.0. The predicted octanol–water partition coefficient (Wildman–Crippen LogP) is 4.27. The summed E-state index contributed by atoms with van der Waals surface area (Å²) in [4.78, 5) is 46.2. The van der Waals surface area contributed by atoms with E-state index >= 15 is 0 Å². The van der Waals surface area contributed by atoms with Crippen molar-refractivity contribution in [3.63, 3.8) is 0 Å². The number of rotatable bonds is 13. The standard InChI is InChI=1S/C41H52N10O5/c1-2-18-54-20-21-55-19-12-35(52)49-16-10-32(11-17-49)48-13-7-28(8-14-48)40(53)50-15-9-29-22-27(3-4-31(29)25-50)24-51-39-36(38(42)44-26-45-39)37(47-51)30-5-6-34-33(23-30)46-41(43)56-34/h3-6,22-23,26,28,32H,2,7-21,24-25H2,1H3,(H2,43,46)(H2,42,44,45). The molecule has 0 spiro atoms. The van der Waals surface area contributed by atoms with Crippen molar-refractivity contribution in [1.29, 1.82) is 0 Å². The van der Waals surface area contributed by atoms with Crippen LogP contribution in [0.3, 0.4) is 0 Å². The maximum Gasteiger partial charge on any atom is 0.292 e. The zero-order valence-electron chi connectivity index (χ0n) is 32.2. The Labute approximate surface area is 326 Å². The van der Waals surface area contributed by atoms with Gasteiger partial charge in [-0.25, -0.2) is 14.6 Å². The number of hydrogen-bond acceptors (Lipinski definition) is 12. The Morgan fingerprint density at radius 1 is 0.875 bits per heavy atom. The maximum atomic E-state index is 13.8. The number of hydrogen-bond donors (Lipinski definition) is 2. The summed E-state index contributed by atoms with van der Waals surface area (Å²) >= 11 is 0. The summed E-state index contributed by atoms with van der Waals surface area (Å²) in [6.07, 6.45) is 7.42. The van der Waals surface area contributed by atoms with Gasteiger partial charge in [-0.1, -0.05) is 25.1 Å². The molecule has 3 aromatic heterocycles. The van der Waals surface area contributed by atoms with E-state index in [9.17, 15) is 9.59 Å². The molecule has 15 nitrogen and oxygen atoms in total. The van der Waals surface area contributed by atoms with E-state index in [0.29, 0.717) is 85.6 Å². The molecule has 2 aromatic carbocycles. The number of anilines is 2. The summed E-state index contributed by atoms with van der Waals surface area (Å²) in [7, 11) is 0. The van der Waals surface area contributed by atoms with E-state index in [1.807, 2.05) is 27.8 Å². The first-order valence-corrected chi connectivity index (χ1v) is 20.0. The largest absolute Gasteiger partial charge is 0.424 e. The van der Waals surface area contributed by atoms with Crippen LogP contribution in [-0.4, -0.2) is 116 Å². The molecule has 56 heavy (non-hydrogen) atoms. The number of aromatic nitrogens is 5. The number of ether oxygens (including phenoxy) is 2. The zero-order chi connectivity index (χ0) is 38.6. The van der Waals surface area contributed by atoms with Crippen LogP contribution in [0.25, 0.3) is 33.4 Å². The van der Waals surface area contributed by atoms with Gasteiger partial charge in [0.25, 0.3) is 6.01 Å². The molecule has 2 fully saturated rings. The van der Waals surface area contributed by atoms with Crippen LogP contribution >= 0.6 is 0 Å². The van der Waals surface area contributed by atoms with Crippen LogP contribution in [0.1, 0.15) is 62.1 Å². The predicted molar refractivity (Wildman–Crippen MR) is 212 cm³/mol. The second-order valence-corrected chi connectivity index (χ2v) is 15.2. The minimum absolute atomic E-state index is 0.0557. The van der Waals surface area contributed by atoms with Crippen LogP contribution in [0.4, 0.5) is 11.8 Å². The fourth-order valence-electron chi connectivity index (χ4n) is 8.54. The fourth-order valence-corrected chi connectivity index (χ4v) is 8.54. The van der Waals surface area contributed by atoms with Gasteiger partial charge in [-0.05, 0) is 86.5 Å². The smallest absolute Gasteiger partial charge is 0.292 e. The first-order chi connectivity index (χ1) is 27.3. The van der Waals surface area contributed by atoms with Crippen molar-refractivity contribution in [3.8, 4) is 11.3 Å². The highest BCUT2D eigenvalue weighted by Gasteiger charge is 2.34. The lowest BCUT2D eigenvalue weighted by atomic mass is 9.90. The molecule has 3 aliphatic heterocycles. The van der Waals surface area contributed by atoms with Crippen molar-refractivity contribution in [2.45, 2.75) is 71.0 Å². The highest BCUT2D eigenvalue weighted by atomic mass is 16.5. The third-order valence-electron chi connectivity index (χ3n) is 11.6. The number of nitrogens with zero attached hydrogens (tertiary/aromatic N) is 8. The number of nitrogen functional groups attached to an aromatic ring is 2. The van der Waals surface area contributed by atoms with Crippen molar-refractivity contribution in [2.75, 3.05) is 70.6 Å². The highest BCUT2D eigenvalue weighted by Crippen LogP contribution is 2.33. The molecule has 4 N–H and O–H groups in total. The maximum absolute atomic E-state index is 13.8. The second kappa shape index (κ2) is 16.9. The number of amides is 2. The summed E-state index contributed by atoms with van der Waals surface area (Å²) in [6, 6.07) is 12.7. The molecule has 2 saturated heterocycles. The lowest BCUT2D eigenvalue weighted by Crippen LogP contribution is -2.50. The lowest BCUT2D eigenvalue weighted by molar-refractivity contribution is -0.139. The Morgan fingerprint density at radius 2 is 1.68 bits per heavy atom. The number of carbonyl (C=O) groups is 2. The first kappa shape index (κ1) is 37.8. The van der Waals surface area contributed by atoms with Gasteiger partial charge in [-0.3, -0.25) is 9.59 Å². The van der Waals surface area contributed by atoms with Crippen molar-refractivity contribution < 1.29 is 23.5 Å². The molecule has 0 unspecified atom stereocenters. The molecular formula is C41H52N10O5. The second-order valence-electron chi connectivity index (χ2n) is 15.2. The summed E-state index contributed by atoms with van der Waals surface area (Å²) in [5.41, 5.74) is 19.1. The minimum atomic E-state index is 0.0557. The molecule has 0 saturated carbocycles. The van der Waals surface area contributed by atoms with Crippen LogP contribution in [0.5, 0.6) is 0 Å². The van der Waals surface area contributed by atoms with E-state index in [-0.39, 0.29) is 23.7 Å². The van der Waals surface area contributed by atoms with E-state index in [1.54, 1.807) is 0 Å². The van der Waals surface area contributed by atoms with Gasteiger partial charge < -0.3 is 40.1 Å². The van der Waals surface area contributed by atoms with Crippen molar-refractivity contribution in [1.82, 2.24) is 39.4 Å². The third-order valence-corrected chi connectivity index (χ3v) is 11.6. The van der Waals surface area contributed by atoms with Crippen LogP contribution in [0, 0.1) is 5.92 Å². The van der Waals surface area contributed by atoms with Crippen LogP contribution in [0.2, 0.25) is 0 Å². The molecule has 5 aromatic rings. The molecule has 6 heterocycles. The van der Waals surface area contributed by atoms with Gasteiger partial charge in [0, 0.05) is 50.3 Å². The van der Waals surface area contributed by atoms with E-state index in [1.165, 1.54) is 17.5 Å². The number of oxazole rings is 1. The molecule has 0 bridgehead atoms. The highest BCUT2D eigenvalue weighted by molar-refractivity contribution is 5.99. The Morgan fingerprint density at radius 3 is 2.48 bits per heavy atom. The van der Waals surface area contributed by atoms with Gasteiger partial charge in [0.05, 0.1) is 38.2 Å². The van der Waals surface area contributed by atoms with Crippen molar-refractivity contribution in [3.05, 3.63) is 59.4 Å². The van der Waals surface area contributed by atoms with Gasteiger partial charge in [0.2, 0.25) is 11.8 Å². The van der Waals surface area contributed by atoms with Crippen LogP contribution in [-0.2, 0) is 38.6 Å². The molecule has 0 atom stereocenters. The van der Waals surface area contributed by atoms with Gasteiger partial charge >= 0.3 is 0 Å². The number of carbonyl (C=O) groups excluding carboxylic acids is 2. The molecule has 3 aliphatic rings. The summed E-state index contributed by atoms with van der Waals surface area (Å²) < 4.78 is 18.3. The average Bonchev–Trinajstić information content (AvgIpc) is 3.79. The van der Waals surface area contributed by atoms with Crippen molar-refractivity contribution in [2.24, 2.45) is 5.92 Å². The van der Waals surface area contributed by atoms with E-state index < -0.39 is 0 Å². The number of nitrogens with two attached hydrogens (primary N) is 2. The minimum Gasteiger partial charge on any atom is -0.424 e. The topological polar surface area (TPSA) is 184 Å². The molecular weight excluding hydrogens is 713 g/mol. The summed E-state index contributed by atoms with van der Waals surface area (Å²) in [5, 5.41) is 5.64. The van der Waals surface area contributed by atoms with Gasteiger partial charge in [0.15, 0.2) is 11.2 Å².